The quantitative estimate of drug-likeness (QED) is 0.693. The first-order valence-corrected chi connectivity index (χ1v) is 10.4. The number of hydrogen-bond donors (Lipinski definition) is 2. The van der Waals surface area contributed by atoms with E-state index in [4.69, 9.17) is 20.8 Å². The highest BCUT2D eigenvalue weighted by atomic mass is 35.5. The Kier molecular flexibility index (Phi) is 6.55. The van der Waals surface area contributed by atoms with E-state index in [9.17, 15) is 26.4 Å². The average Bonchev–Trinajstić information content (AvgIpc) is 2.94. The smallest absolute Gasteiger partial charge is 0.416 e. The molecule has 9 nitrogen and oxygen atoms in total. The molecule has 3 rings (SSSR count). The van der Waals surface area contributed by atoms with Gasteiger partial charge in [-0.15, -0.1) is 0 Å². The summed E-state index contributed by atoms with van der Waals surface area (Å²) >= 11 is 5.88. The van der Waals surface area contributed by atoms with E-state index >= 15 is 0 Å². The third-order valence-electron chi connectivity index (χ3n) is 4.01. The average molecular weight is 469 g/mol. The lowest BCUT2D eigenvalue weighted by atomic mass is 10.2. The SMILES string of the molecule is O=C(NS(=O)(=O)N1CCCOCC1)c1coc(Nc2cc(C(F)(F)F)ccc2Cl)n1. The van der Waals surface area contributed by atoms with Gasteiger partial charge in [0.2, 0.25) is 0 Å². The Morgan fingerprint density at radius 2 is 2.00 bits per heavy atom. The van der Waals surface area contributed by atoms with Crippen LogP contribution in [0.3, 0.4) is 0 Å². The fraction of sp³-hybridized carbons (Fsp3) is 0.375. The molecule has 14 heteroatoms. The number of hydrogen-bond acceptors (Lipinski definition) is 7. The molecule has 2 aromatic rings. The summed E-state index contributed by atoms with van der Waals surface area (Å²) in [5.74, 6) is -1.06. The molecule has 1 saturated heterocycles. The van der Waals surface area contributed by atoms with Crippen LogP contribution in [0, 0.1) is 0 Å². The van der Waals surface area contributed by atoms with E-state index in [1.807, 2.05) is 4.72 Å². The van der Waals surface area contributed by atoms with Gasteiger partial charge in [-0.1, -0.05) is 11.6 Å². The van der Waals surface area contributed by atoms with Crippen LogP contribution in [-0.2, 0) is 21.1 Å². The number of rotatable bonds is 5. The number of ether oxygens (including phenoxy) is 1. The summed E-state index contributed by atoms with van der Waals surface area (Å²) in [5.41, 5.74) is -1.50. The molecular formula is C16H16ClF3N4O5S. The van der Waals surface area contributed by atoms with E-state index in [-0.39, 0.29) is 36.4 Å². The fourth-order valence-corrected chi connectivity index (χ4v) is 3.86. The number of amides is 1. The molecule has 0 spiro atoms. The van der Waals surface area contributed by atoms with E-state index in [0.717, 1.165) is 28.8 Å². The van der Waals surface area contributed by atoms with Crippen LogP contribution in [0.25, 0.3) is 0 Å². The summed E-state index contributed by atoms with van der Waals surface area (Å²) in [7, 11) is -4.13. The minimum absolute atomic E-state index is 0.0434. The molecule has 0 radical (unpaired) electrons. The van der Waals surface area contributed by atoms with Crippen molar-refractivity contribution in [3.63, 3.8) is 0 Å². The molecule has 1 aromatic carbocycles. The molecule has 0 unspecified atom stereocenters. The van der Waals surface area contributed by atoms with Gasteiger partial charge in [0, 0.05) is 19.7 Å². The van der Waals surface area contributed by atoms with Gasteiger partial charge < -0.3 is 14.5 Å². The zero-order valence-electron chi connectivity index (χ0n) is 15.2. The number of anilines is 2. The molecule has 0 bridgehead atoms. The van der Waals surface area contributed by atoms with Crippen molar-refractivity contribution in [2.24, 2.45) is 0 Å². The fourth-order valence-electron chi connectivity index (χ4n) is 2.55. The van der Waals surface area contributed by atoms with Crippen molar-refractivity contribution in [1.82, 2.24) is 14.0 Å². The van der Waals surface area contributed by atoms with Gasteiger partial charge in [-0.05, 0) is 24.6 Å². The highest BCUT2D eigenvalue weighted by molar-refractivity contribution is 7.87. The van der Waals surface area contributed by atoms with Crippen LogP contribution in [0.15, 0.2) is 28.9 Å². The number of nitrogens with zero attached hydrogens (tertiary/aromatic N) is 2. The van der Waals surface area contributed by atoms with Gasteiger partial charge in [0.05, 0.1) is 22.9 Å². The number of aromatic nitrogens is 1. The molecule has 164 valence electrons. The van der Waals surface area contributed by atoms with Gasteiger partial charge in [0.15, 0.2) is 5.69 Å². The second kappa shape index (κ2) is 8.79. The van der Waals surface area contributed by atoms with Crippen LogP contribution in [-0.4, -0.2) is 49.9 Å². The van der Waals surface area contributed by atoms with E-state index in [2.05, 4.69) is 10.3 Å². The Hall–Kier alpha value is -2.35. The van der Waals surface area contributed by atoms with Gasteiger partial charge in [-0.2, -0.15) is 30.9 Å². The largest absolute Gasteiger partial charge is 0.431 e. The minimum Gasteiger partial charge on any atom is -0.431 e. The van der Waals surface area contributed by atoms with Crippen molar-refractivity contribution in [1.29, 1.82) is 0 Å². The van der Waals surface area contributed by atoms with Crippen LogP contribution in [0.2, 0.25) is 5.02 Å². The van der Waals surface area contributed by atoms with Crippen molar-refractivity contribution in [2.45, 2.75) is 12.6 Å². The van der Waals surface area contributed by atoms with Crippen molar-refractivity contribution in [3.05, 3.63) is 40.7 Å². The van der Waals surface area contributed by atoms with E-state index < -0.39 is 33.6 Å². The summed E-state index contributed by atoms with van der Waals surface area (Å²) in [6, 6.07) is 2.25. The maximum atomic E-state index is 12.9. The summed E-state index contributed by atoms with van der Waals surface area (Å²) in [5, 5.41) is 2.38. The first-order valence-electron chi connectivity index (χ1n) is 8.55. The molecule has 0 saturated carbocycles. The Morgan fingerprint density at radius 3 is 2.73 bits per heavy atom. The third kappa shape index (κ3) is 5.41. The van der Waals surface area contributed by atoms with E-state index in [1.165, 1.54) is 0 Å². The maximum Gasteiger partial charge on any atom is 0.416 e. The van der Waals surface area contributed by atoms with Gasteiger partial charge in [0.1, 0.15) is 6.26 Å². The van der Waals surface area contributed by atoms with Crippen molar-refractivity contribution in [3.8, 4) is 0 Å². The Balaban J connectivity index is 1.71. The topological polar surface area (TPSA) is 114 Å². The van der Waals surface area contributed by atoms with Crippen LogP contribution in [0.4, 0.5) is 24.9 Å². The lowest BCUT2D eigenvalue weighted by Gasteiger charge is -2.18. The van der Waals surface area contributed by atoms with Crippen LogP contribution < -0.4 is 10.0 Å². The predicted octanol–water partition coefficient (Wildman–Crippen LogP) is 2.79. The number of carbonyl (C=O) groups is 1. The van der Waals surface area contributed by atoms with Gasteiger partial charge in [-0.25, -0.2) is 4.72 Å². The summed E-state index contributed by atoms with van der Waals surface area (Å²) in [4.78, 5) is 16.0. The zero-order valence-corrected chi connectivity index (χ0v) is 16.8. The first-order chi connectivity index (χ1) is 14.1. The van der Waals surface area contributed by atoms with Gasteiger partial charge in [-0.3, -0.25) is 4.79 Å². The molecule has 0 atom stereocenters. The van der Waals surface area contributed by atoms with Crippen molar-refractivity contribution >= 4 is 39.4 Å². The molecule has 2 heterocycles. The third-order valence-corrected chi connectivity index (χ3v) is 5.83. The number of halogens is 4. The highest BCUT2D eigenvalue weighted by Gasteiger charge is 2.31. The van der Waals surface area contributed by atoms with Crippen molar-refractivity contribution in [2.75, 3.05) is 31.6 Å². The summed E-state index contributed by atoms with van der Waals surface area (Å²) in [6.45, 7) is 0.881. The number of benzene rings is 1. The van der Waals surface area contributed by atoms with E-state index in [0.29, 0.717) is 13.0 Å². The molecule has 1 aromatic heterocycles. The summed E-state index contributed by atoms with van der Waals surface area (Å²) in [6.07, 6.45) is -3.25. The van der Waals surface area contributed by atoms with Gasteiger partial charge >= 0.3 is 16.4 Å². The van der Waals surface area contributed by atoms with Crippen LogP contribution in [0.5, 0.6) is 0 Å². The lowest BCUT2D eigenvalue weighted by molar-refractivity contribution is -0.137. The predicted molar refractivity (Wildman–Crippen MR) is 99.6 cm³/mol. The minimum atomic E-state index is -4.59. The second-order valence-corrected chi connectivity index (χ2v) is 8.23. The van der Waals surface area contributed by atoms with Gasteiger partial charge in [0.25, 0.3) is 11.9 Å². The molecule has 2 N–H and O–H groups in total. The molecular weight excluding hydrogens is 453 g/mol. The zero-order chi connectivity index (χ0) is 21.9. The number of nitrogens with one attached hydrogen (secondary N) is 2. The Morgan fingerprint density at radius 1 is 1.23 bits per heavy atom. The highest BCUT2D eigenvalue weighted by Crippen LogP contribution is 2.34. The van der Waals surface area contributed by atoms with Crippen molar-refractivity contribution < 1.29 is 35.5 Å². The number of alkyl halides is 3. The molecule has 0 aliphatic carbocycles. The van der Waals surface area contributed by atoms with Crippen LogP contribution in [0.1, 0.15) is 22.5 Å². The van der Waals surface area contributed by atoms with E-state index in [1.54, 1.807) is 0 Å². The second-order valence-electron chi connectivity index (χ2n) is 6.16. The monoisotopic (exact) mass is 468 g/mol. The molecule has 1 aliphatic heterocycles. The number of carbonyl (C=O) groups excluding carboxylic acids is 1. The Bertz CT molecular complexity index is 1020. The normalized spacial score (nSPS) is 16.1. The van der Waals surface area contributed by atoms with Crippen LogP contribution >= 0.6 is 11.6 Å². The Labute approximate surface area is 174 Å². The molecule has 1 amide bonds. The number of oxazole rings is 1. The molecule has 1 fully saturated rings. The standard InChI is InChI=1S/C16H16ClF3N4O5S/c17-11-3-2-10(16(18,19)20)8-12(11)21-15-22-13(9-29-15)14(25)23-30(26,27)24-4-1-6-28-7-5-24/h2-3,8-9H,1,4-7H2,(H,21,22)(H,23,25). The maximum absolute atomic E-state index is 12.9. The lowest BCUT2D eigenvalue weighted by Crippen LogP contribution is -2.44. The molecule has 1 aliphatic rings. The summed E-state index contributed by atoms with van der Waals surface area (Å²) < 4.78 is 76.3. The first kappa shape index (κ1) is 22.3. The molecule has 30 heavy (non-hydrogen) atoms.